The zero-order chi connectivity index (χ0) is 14.0. The fourth-order valence-electron chi connectivity index (χ4n) is 1.33. The fourth-order valence-corrected chi connectivity index (χ4v) is 1.33. The van der Waals surface area contributed by atoms with Crippen molar-refractivity contribution in [3.8, 4) is 0 Å². The van der Waals surface area contributed by atoms with Crippen LogP contribution in [0.2, 0.25) is 0 Å². The predicted molar refractivity (Wildman–Crippen MR) is 67.1 cm³/mol. The summed E-state index contributed by atoms with van der Waals surface area (Å²) in [5, 5.41) is 12.9. The third kappa shape index (κ3) is 9.38. The summed E-state index contributed by atoms with van der Waals surface area (Å²) in [5.41, 5.74) is 0. The van der Waals surface area contributed by atoms with Gasteiger partial charge in [-0.1, -0.05) is 26.2 Å². The number of carboxylic acid groups (broad SMARTS) is 1. The molecule has 0 bridgehead atoms. The predicted octanol–water partition coefficient (Wildman–Crippen LogP) is 1.42. The van der Waals surface area contributed by atoms with Gasteiger partial charge in [0.15, 0.2) is 0 Å². The van der Waals surface area contributed by atoms with Gasteiger partial charge in [-0.05, 0) is 13.3 Å². The number of nitrogens with one attached hydrogen (secondary N) is 2. The molecule has 0 aromatic heterocycles. The van der Waals surface area contributed by atoms with E-state index in [4.69, 9.17) is 5.11 Å². The molecule has 3 amide bonds. The van der Waals surface area contributed by atoms with Crippen molar-refractivity contribution in [1.82, 2.24) is 10.6 Å². The van der Waals surface area contributed by atoms with Gasteiger partial charge in [0.2, 0.25) is 0 Å². The molecule has 6 nitrogen and oxygen atoms in total. The van der Waals surface area contributed by atoms with Gasteiger partial charge in [0, 0.05) is 18.2 Å². The standard InChI is InChI=1S/C12H20N2O4/c1-3-4-5-6-9(2)13-12(18)14-10(15)7-8-11(16)17/h7-9H,3-6H2,1-2H3,(H,16,17)(H2,13,14,15,18)/b8-7+. The lowest BCUT2D eigenvalue weighted by Crippen LogP contribution is -2.43. The maximum atomic E-state index is 11.3. The lowest BCUT2D eigenvalue weighted by atomic mass is 10.1. The molecule has 1 atom stereocenters. The zero-order valence-corrected chi connectivity index (χ0v) is 10.7. The summed E-state index contributed by atoms with van der Waals surface area (Å²) < 4.78 is 0. The van der Waals surface area contributed by atoms with Crippen LogP contribution in [0.15, 0.2) is 12.2 Å². The topological polar surface area (TPSA) is 95.5 Å². The molecular formula is C12H20N2O4. The molecule has 0 aliphatic rings. The van der Waals surface area contributed by atoms with Crippen LogP contribution >= 0.6 is 0 Å². The number of imide groups is 1. The molecule has 0 aliphatic heterocycles. The van der Waals surface area contributed by atoms with Gasteiger partial charge in [0.1, 0.15) is 0 Å². The summed E-state index contributed by atoms with van der Waals surface area (Å²) >= 11 is 0. The monoisotopic (exact) mass is 256 g/mol. The number of hydrogen-bond acceptors (Lipinski definition) is 3. The number of aliphatic carboxylic acids is 1. The Bertz CT molecular complexity index is 326. The maximum Gasteiger partial charge on any atom is 0.328 e. The van der Waals surface area contributed by atoms with Gasteiger partial charge >= 0.3 is 12.0 Å². The van der Waals surface area contributed by atoms with Gasteiger partial charge in [-0.15, -0.1) is 0 Å². The summed E-state index contributed by atoms with van der Waals surface area (Å²) in [5.74, 6) is -1.99. The van der Waals surface area contributed by atoms with Crippen molar-refractivity contribution in [3.63, 3.8) is 0 Å². The molecule has 0 aromatic rings. The average Bonchev–Trinajstić information content (AvgIpc) is 2.26. The second-order valence-electron chi connectivity index (χ2n) is 4.03. The molecule has 0 rings (SSSR count). The van der Waals surface area contributed by atoms with Crippen LogP contribution in [0.25, 0.3) is 0 Å². The number of rotatable bonds is 7. The molecule has 102 valence electrons. The first-order valence-electron chi connectivity index (χ1n) is 5.98. The van der Waals surface area contributed by atoms with E-state index in [1.807, 2.05) is 12.2 Å². The highest BCUT2D eigenvalue weighted by Crippen LogP contribution is 2.02. The molecule has 0 aromatic carbocycles. The molecule has 0 saturated heterocycles. The van der Waals surface area contributed by atoms with Gasteiger partial charge in [0.05, 0.1) is 0 Å². The highest BCUT2D eigenvalue weighted by Gasteiger charge is 2.08. The van der Waals surface area contributed by atoms with Crippen molar-refractivity contribution in [2.75, 3.05) is 0 Å². The van der Waals surface area contributed by atoms with Crippen molar-refractivity contribution < 1.29 is 19.5 Å². The van der Waals surface area contributed by atoms with Crippen molar-refractivity contribution in [3.05, 3.63) is 12.2 Å². The minimum atomic E-state index is -1.24. The number of carbonyl (C=O) groups excluding carboxylic acids is 2. The molecule has 0 aliphatic carbocycles. The summed E-state index contributed by atoms with van der Waals surface area (Å²) in [6.45, 7) is 3.95. The summed E-state index contributed by atoms with van der Waals surface area (Å²) in [6.07, 6.45) is 5.55. The van der Waals surface area contributed by atoms with E-state index in [0.29, 0.717) is 6.08 Å². The Morgan fingerprint density at radius 2 is 1.89 bits per heavy atom. The Morgan fingerprint density at radius 3 is 2.44 bits per heavy atom. The van der Waals surface area contributed by atoms with Crippen LogP contribution in [0.1, 0.15) is 39.5 Å². The normalized spacial score (nSPS) is 12.1. The Kier molecular flexibility index (Phi) is 8.26. The smallest absolute Gasteiger partial charge is 0.328 e. The van der Waals surface area contributed by atoms with Crippen LogP contribution in [0, 0.1) is 0 Å². The van der Waals surface area contributed by atoms with Crippen molar-refractivity contribution in [2.45, 2.75) is 45.6 Å². The van der Waals surface area contributed by atoms with Crippen LogP contribution in [0.3, 0.4) is 0 Å². The first-order chi connectivity index (χ1) is 8.45. The van der Waals surface area contributed by atoms with E-state index < -0.39 is 17.9 Å². The SMILES string of the molecule is CCCCCC(C)NC(=O)NC(=O)/C=C/C(=O)O. The lowest BCUT2D eigenvalue weighted by molar-refractivity contribution is -0.131. The Hall–Kier alpha value is -1.85. The van der Waals surface area contributed by atoms with Gasteiger partial charge in [-0.3, -0.25) is 10.1 Å². The Morgan fingerprint density at radius 1 is 1.22 bits per heavy atom. The van der Waals surface area contributed by atoms with Crippen molar-refractivity contribution in [1.29, 1.82) is 0 Å². The highest BCUT2D eigenvalue weighted by atomic mass is 16.4. The lowest BCUT2D eigenvalue weighted by Gasteiger charge is -2.13. The molecule has 18 heavy (non-hydrogen) atoms. The molecule has 6 heteroatoms. The summed E-state index contributed by atoms with van der Waals surface area (Å²) in [4.78, 5) is 32.5. The van der Waals surface area contributed by atoms with Gasteiger partial charge in [-0.2, -0.15) is 0 Å². The molecule has 0 spiro atoms. The van der Waals surface area contributed by atoms with E-state index in [2.05, 4.69) is 12.2 Å². The van der Waals surface area contributed by atoms with Crippen LogP contribution in [0.5, 0.6) is 0 Å². The second-order valence-corrected chi connectivity index (χ2v) is 4.03. The largest absolute Gasteiger partial charge is 0.478 e. The van der Waals surface area contributed by atoms with E-state index in [0.717, 1.165) is 31.8 Å². The number of amides is 3. The quantitative estimate of drug-likeness (QED) is 0.474. The second kappa shape index (κ2) is 9.21. The molecular weight excluding hydrogens is 236 g/mol. The fraction of sp³-hybridized carbons (Fsp3) is 0.583. The van der Waals surface area contributed by atoms with Crippen LogP contribution in [0.4, 0.5) is 4.79 Å². The highest BCUT2D eigenvalue weighted by molar-refractivity contribution is 6.02. The number of hydrogen-bond donors (Lipinski definition) is 3. The first-order valence-corrected chi connectivity index (χ1v) is 5.98. The van der Waals surface area contributed by atoms with Gasteiger partial charge in [-0.25, -0.2) is 9.59 Å². The molecule has 3 N–H and O–H groups in total. The zero-order valence-electron chi connectivity index (χ0n) is 10.7. The molecule has 1 unspecified atom stereocenters. The molecule has 0 heterocycles. The van der Waals surface area contributed by atoms with E-state index in [1.165, 1.54) is 0 Å². The van der Waals surface area contributed by atoms with Crippen LogP contribution < -0.4 is 10.6 Å². The number of urea groups is 1. The Labute approximate surface area is 106 Å². The number of unbranched alkanes of at least 4 members (excludes halogenated alkanes) is 2. The average molecular weight is 256 g/mol. The van der Waals surface area contributed by atoms with Crippen LogP contribution in [-0.4, -0.2) is 29.1 Å². The first kappa shape index (κ1) is 16.1. The number of carbonyl (C=O) groups is 3. The van der Waals surface area contributed by atoms with Gasteiger partial charge in [0.25, 0.3) is 5.91 Å². The third-order valence-corrected chi connectivity index (χ3v) is 2.23. The maximum absolute atomic E-state index is 11.3. The van der Waals surface area contributed by atoms with E-state index in [9.17, 15) is 14.4 Å². The third-order valence-electron chi connectivity index (χ3n) is 2.23. The minimum Gasteiger partial charge on any atom is -0.478 e. The van der Waals surface area contributed by atoms with Crippen LogP contribution in [-0.2, 0) is 9.59 Å². The minimum absolute atomic E-state index is 0.0206. The molecule has 0 fully saturated rings. The number of carboxylic acids is 1. The summed E-state index contributed by atoms with van der Waals surface area (Å²) in [7, 11) is 0. The van der Waals surface area contributed by atoms with Gasteiger partial charge < -0.3 is 10.4 Å². The molecule has 0 saturated carbocycles. The van der Waals surface area contributed by atoms with Crippen molar-refractivity contribution in [2.24, 2.45) is 0 Å². The van der Waals surface area contributed by atoms with Crippen molar-refractivity contribution >= 4 is 17.9 Å². The Balaban J connectivity index is 3.88. The molecule has 0 radical (unpaired) electrons. The van der Waals surface area contributed by atoms with E-state index in [-0.39, 0.29) is 6.04 Å². The van der Waals surface area contributed by atoms with E-state index in [1.54, 1.807) is 0 Å². The summed E-state index contributed by atoms with van der Waals surface area (Å²) in [6, 6.07) is -0.633. The van der Waals surface area contributed by atoms with E-state index >= 15 is 0 Å².